The Balaban J connectivity index is 1.82. The van der Waals surface area contributed by atoms with E-state index in [9.17, 15) is 9.18 Å². The van der Waals surface area contributed by atoms with Crippen LogP contribution in [0.5, 0.6) is 0 Å². The quantitative estimate of drug-likeness (QED) is 0.910. The Morgan fingerprint density at radius 3 is 2.82 bits per heavy atom. The van der Waals surface area contributed by atoms with Crippen LogP contribution in [0.25, 0.3) is 0 Å². The molecule has 0 atom stereocenters. The van der Waals surface area contributed by atoms with Crippen molar-refractivity contribution in [2.24, 2.45) is 5.92 Å². The highest BCUT2D eigenvalue weighted by Gasteiger charge is 2.17. The predicted octanol–water partition coefficient (Wildman–Crippen LogP) is 3.05. The Morgan fingerprint density at radius 1 is 1.47 bits per heavy atom. The number of amides is 1. The number of hydrogen-bond donors (Lipinski definition) is 1. The lowest BCUT2D eigenvalue weighted by molar-refractivity contribution is -0.120. The van der Waals surface area contributed by atoms with Gasteiger partial charge in [0.1, 0.15) is 5.82 Å². The van der Waals surface area contributed by atoms with E-state index in [-0.39, 0.29) is 11.7 Å². The summed E-state index contributed by atoms with van der Waals surface area (Å²) >= 11 is 3.11. The van der Waals surface area contributed by atoms with E-state index < -0.39 is 0 Å². The molecule has 1 amide bonds. The predicted molar refractivity (Wildman–Crippen MR) is 68.2 cm³/mol. The summed E-state index contributed by atoms with van der Waals surface area (Å²) in [5, 5.41) is 2.92. The number of carbonyl (C=O) groups is 1. The van der Waals surface area contributed by atoms with Crippen LogP contribution in [0.3, 0.4) is 0 Å². The summed E-state index contributed by atoms with van der Waals surface area (Å²) in [6, 6.07) is 4.67. The van der Waals surface area contributed by atoms with Gasteiger partial charge in [-0.2, -0.15) is 0 Å². The van der Waals surface area contributed by atoms with Gasteiger partial charge in [0.25, 0.3) is 0 Å². The molecular formula is C13H15BrFNO. The Bertz CT molecular complexity index is 418. The smallest absolute Gasteiger partial charge is 0.224 e. The van der Waals surface area contributed by atoms with E-state index in [1.54, 1.807) is 12.1 Å². The molecule has 1 aliphatic carbocycles. The molecule has 0 aliphatic heterocycles. The SMILES string of the molecule is O=C(Cc1ccc(F)c(Br)c1)NCC1CCC1. The number of halogens is 2. The molecule has 0 aromatic heterocycles. The van der Waals surface area contributed by atoms with Crippen LogP contribution in [0.1, 0.15) is 24.8 Å². The number of benzene rings is 1. The molecule has 0 unspecified atom stereocenters. The van der Waals surface area contributed by atoms with Gasteiger partial charge in [0.15, 0.2) is 0 Å². The lowest BCUT2D eigenvalue weighted by Crippen LogP contribution is -2.33. The topological polar surface area (TPSA) is 29.1 Å². The minimum absolute atomic E-state index is 0.00964. The van der Waals surface area contributed by atoms with Crippen molar-refractivity contribution < 1.29 is 9.18 Å². The van der Waals surface area contributed by atoms with Crippen molar-refractivity contribution in [3.63, 3.8) is 0 Å². The third kappa shape index (κ3) is 3.53. The highest BCUT2D eigenvalue weighted by molar-refractivity contribution is 9.10. The molecule has 0 bridgehead atoms. The molecule has 0 radical (unpaired) electrons. The fourth-order valence-electron chi connectivity index (χ4n) is 1.85. The van der Waals surface area contributed by atoms with E-state index in [4.69, 9.17) is 0 Å². The normalized spacial score (nSPS) is 15.4. The third-order valence-corrected chi connectivity index (χ3v) is 3.77. The average Bonchev–Trinajstić information content (AvgIpc) is 2.21. The van der Waals surface area contributed by atoms with Crippen molar-refractivity contribution in [1.29, 1.82) is 0 Å². The van der Waals surface area contributed by atoms with Gasteiger partial charge in [-0.3, -0.25) is 4.79 Å². The van der Waals surface area contributed by atoms with Crippen LogP contribution in [0.4, 0.5) is 4.39 Å². The Hall–Kier alpha value is -0.900. The second kappa shape index (κ2) is 5.63. The van der Waals surface area contributed by atoms with Gasteiger partial charge in [0.05, 0.1) is 10.9 Å². The van der Waals surface area contributed by atoms with Crippen LogP contribution in [-0.4, -0.2) is 12.5 Å². The van der Waals surface area contributed by atoms with Gasteiger partial charge < -0.3 is 5.32 Å². The average molecular weight is 300 g/mol. The first kappa shape index (κ1) is 12.6. The fourth-order valence-corrected chi connectivity index (χ4v) is 2.28. The van der Waals surface area contributed by atoms with Crippen LogP contribution in [0.2, 0.25) is 0 Å². The lowest BCUT2D eigenvalue weighted by atomic mass is 9.85. The fraction of sp³-hybridized carbons (Fsp3) is 0.462. The number of hydrogen-bond acceptors (Lipinski definition) is 1. The van der Waals surface area contributed by atoms with Gasteiger partial charge >= 0.3 is 0 Å². The van der Waals surface area contributed by atoms with Crippen LogP contribution in [0.15, 0.2) is 22.7 Å². The maximum Gasteiger partial charge on any atom is 0.224 e. The monoisotopic (exact) mass is 299 g/mol. The molecule has 1 N–H and O–H groups in total. The minimum atomic E-state index is -0.302. The molecule has 1 aromatic rings. The van der Waals surface area contributed by atoms with Crippen LogP contribution in [0, 0.1) is 11.7 Å². The maximum atomic E-state index is 13.0. The molecule has 1 saturated carbocycles. The zero-order chi connectivity index (χ0) is 12.3. The first-order chi connectivity index (χ1) is 8.15. The number of nitrogens with one attached hydrogen (secondary N) is 1. The Kier molecular flexibility index (Phi) is 4.15. The molecule has 2 nitrogen and oxygen atoms in total. The van der Waals surface area contributed by atoms with Crippen LogP contribution in [-0.2, 0) is 11.2 Å². The van der Waals surface area contributed by atoms with E-state index >= 15 is 0 Å². The molecule has 0 heterocycles. The summed E-state index contributed by atoms with van der Waals surface area (Å²) < 4.78 is 13.4. The van der Waals surface area contributed by atoms with E-state index in [2.05, 4.69) is 21.2 Å². The zero-order valence-corrected chi connectivity index (χ0v) is 11.1. The molecule has 0 spiro atoms. The number of carbonyl (C=O) groups excluding carboxylic acids is 1. The van der Waals surface area contributed by atoms with Gasteiger partial charge in [-0.15, -0.1) is 0 Å². The Morgan fingerprint density at radius 2 is 2.24 bits per heavy atom. The molecule has 92 valence electrons. The second-order valence-corrected chi connectivity index (χ2v) is 5.38. The third-order valence-electron chi connectivity index (χ3n) is 3.16. The van der Waals surface area contributed by atoms with Gasteiger partial charge in [0.2, 0.25) is 5.91 Å². The molecule has 4 heteroatoms. The molecule has 1 aromatic carbocycles. The van der Waals surface area contributed by atoms with Gasteiger partial charge in [-0.1, -0.05) is 12.5 Å². The van der Waals surface area contributed by atoms with E-state index in [1.807, 2.05) is 0 Å². The summed E-state index contributed by atoms with van der Waals surface area (Å²) in [6.45, 7) is 0.779. The first-order valence-corrected chi connectivity index (χ1v) is 6.65. The highest BCUT2D eigenvalue weighted by atomic mass is 79.9. The van der Waals surface area contributed by atoms with Crippen molar-refractivity contribution in [2.45, 2.75) is 25.7 Å². The molecule has 1 aliphatic rings. The summed E-state index contributed by atoms with van der Waals surface area (Å²) in [5.74, 6) is 0.373. The summed E-state index contributed by atoms with van der Waals surface area (Å²) in [5.41, 5.74) is 0.824. The van der Waals surface area contributed by atoms with E-state index in [0.717, 1.165) is 12.1 Å². The summed E-state index contributed by atoms with van der Waals surface area (Å²) in [6.07, 6.45) is 4.04. The molecule has 17 heavy (non-hydrogen) atoms. The molecular weight excluding hydrogens is 285 g/mol. The van der Waals surface area contributed by atoms with Crippen LogP contribution < -0.4 is 5.32 Å². The van der Waals surface area contributed by atoms with Crippen molar-refractivity contribution in [2.75, 3.05) is 6.54 Å². The highest BCUT2D eigenvalue weighted by Crippen LogP contribution is 2.25. The maximum absolute atomic E-state index is 13.0. The Labute approximate surface area is 109 Å². The molecule has 0 saturated heterocycles. The van der Waals surface area contributed by atoms with Crippen molar-refractivity contribution in [3.8, 4) is 0 Å². The minimum Gasteiger partial charge on any atom is -0.356 e. The van der Waals surface area contributed by atoms with Crippen molar-refractivity contribution in [1.82, 2.24) is 5.32 Å². The van der Waals surface area contributed by atoms with Gasteiger partial charge in [-0.05, 0) is 52.4 Å². The van der Waals surface area contributed by atoms with Gasteiger partial charge in [-0.25, -0.2) is 4.39 Å². The standard InChI is InChI=1S/C13H15BrFNO/c14-11-6-10(4-5-12(11)15)7-13(17)16-8-9-2-1-3-9/h4-6,9H,1-3,7-8H2,(H,16,17). The summed E-state index contributed by atoms with van der Waals surface area (Å²) in [4.78, 5) is 11.6. The largest absolute Gasteiger partial charge is 0.356 e. The second-order valence-electron chi connectivity index (χ2n) is 4.53. The van der Waals surface area contributed by atoms with E-state index in [0.29, 0.717) is 16.8 Å². The van der Waals surface area contributed by atoms with Crippen molar-refractivity contribution in [3.05, 3.63) is 34.1 Å². The summed E-state index contributed by atoms with van der Waals surface area (Å²) in [7, 11) is 0. The van der Waals surface area contributed by atoms with Crippen molar-refractivity contribution >= 4 is 21.8 Å². The van der Waals surface area contributed by atoms with E-state index in [1.165, 1.54) is 25.3 Å². The van der Waals surface area contributed by atoms with Crippen LogP contribution >= 0.6 is 15.9 Å². The van der Waals surface area contributed by atoms with Gasteiger partial charge in [0, 0.05) is 6.54 Å². The molecule has 1 fully saturated rings. The first-order valence-electron chi connectivity index (χ1n) is 5.86. The number of rotatable bonds is 4. The zero-order valence-electron chi connectivity index (χ0n) is 9.51. The molecule has 2 rings (SSSR count). The lowest BCUT2D eigenvalue weighted by Gasteiger charge is -2.25.